The summed E-state index contributed by atoms with van der Waals surface area (Å²) in [6.45, 7) is 4.82. The predicted molar refractivity (Wildman–Crippen MR) is 378 cm³/mol. The largest absolute Gasteiger partial charge is 0.477 e. The van der Waals surface area contributed by atoms with Crippen LogP contribution < -0.4 is 0 Å². The van der Waals surface area contributed by atoms with Crippen LogP contribution in [0.5, 0.6) is 0 Å². The lowest BCUT2D eigenvalue weighted by Gasteiger charge is -2.25. The lowest BCUT2D eigenvalue weighted by Crippen LogP contribution is -2.40. The molecule has 2 unspecified atom stereocenters. The second-order valence-electron chi connectivity index (χ2n) is 26.6. The van der Waals surface area contributed by atoms with Gasteiger partial charge in [0.25, 0.3) is 6.29 Å². The van der Waals surface area contributed by atoms with Crippen molar-refractivity contribution in [3.8, 4) is 0 Å². The van der Waals surface area contributed by atoms with Crippen LogP contribution in [0.15, 0.2) is 72.9 Å². The van der Waals surface area contributed by atoms with E-state index in [9.17, 15) is 19.5 Å². The van der Waals surface area contributed by atoms with E-state index in [2.05, 4.69) is 86.8 Å². The van der Waals surface area contributed by atoms with E-state index >= 15 is 0 Å². The number of carbonyl (C=O) groups excluding carboxylic acids is 2. The molecule has 0 saturated heterocycles. The van der Waals surface area contributed by atoms with Gasteiger partial charge in [-0.3, -0.25) is 9.59 Å². The number of ether oxygens (including phenoxy) is 4. The maximum Gasteiger partial charge on any atom is 0.361 e. The number of likely N-dealkylation sites (N-methyl/N-ethyl adjacent to an activating group) is 1. The Hall–Kier alpha value is -3.27. The lowest BCUT2D eigenvalue weighted by molar-refractivity contribution is -0.870. The molecule has 0 fully saturated rings. The molecule has 0 aliphatic heterocycles. The fourth-order valence-corrected chi connectivity index (χ4v) is 11.0. The van der Waals surface area contributed by atoms with E-state index < -0.39 is 24.3 Å². The molecule has 0 amide bonds. The van der Waals surface area contributed by atoms with Gasteiger partial charge in [0.2, 0.25) is 0 Å². The molecular formula is C79H144NO8+. The van der Waals surface area contributed by atoms with E-state index in [4.69, 9.17) is 18.9 Å². The van der Waals surface area contributed by atoms with Gasteiger partial charge in [-0.2, -0.15) is 0 Å². The Balaban J connectivity index is 4.05. The number of nitrogens with zero attached hydrogens (tertiary/aromatic N) is 1. The molecule has 0 aliphatic carbocycles. The number of hydrogen-bond donors (Lipinski definition) is 1. The van der Waals surface area contributed by atoms with Gasteiger partial charge in [0.15, 0.2) is 6.10 Å². The first-order valence-corrected chi connectivity index (χ1v) is 37.6. The number of unbranched alkanes of at least 4 members (excludes halogenated alkanes) is 43. The zero-order valence-electron chi connectivity index (χ0n) is 58.6. The van der Waals surface area contributed by atoms with Crippen molar-refractivity contribution in [2.75, 3.05) is 47.5 Å². The van der Waals surface area contributed by atoms with Crippen molar-refractivity contribution in [3.05, 3.63) is 72.9 Å². The van der Waals surface area contributed by atoms with Crippen molar-refractivity contribution < 1.29 is 42.9 Å². The average Bonchev–Trinajstić information content (AvgIpc) is 3.62. The molecule has 0 spiro atoms. The summed E-state index contributed by atoms with van der Waals surface area (Å²) in [7, 11) is 5.99. The molecule has 0 aromatic carbocycles. The van der Waals surface area contributed by atoms with E-state index in [0.29, 0.717) is 17.4 Å². The normalized spacial score (nSPS) is 13.1. The standard InChI is InChI=1S/C79H143NO8/c1-6-8-10-12-14-16-18-20-22-24-26-28-30-32-34-36-38-39-40-42-44-46-48-50-52-54-56-58-60-62-64-66-68-70-77(82)88-75(74-87-79(78(83)84)85-72-71-80(3,4)5)73-86-76(81)69-67-65-63-61-59-57-55-53-51-49-47-45-43-41-37-35-33-31-29-27-25-23-21-19-17-15-13-11-9-7-2/h8,10,14,16,20,22,26,28,32,34,38-39,75,79H,6-7,9,11-13,15,17-19,21,23-25,27,29-31,33,35-37,40-74H2,1-5H3/p+1/b10-8-,16-14-,22-20-,28-26-,34-32-,39-38-. The molecule has 0 heterocycles. The van der Waals surface area contributed by atoms with Crippen molar-refractivity contribution >= 4 is 17.9 Å². The highest BCUT2D eigenvalue weighted by molar-refractivity contribution is 5.71. The Labute approximate surface area is 545 Å². The van der Waals surface area contributed by atoms with Crippen LogP contribution >= 0.6 is 0 Å². The molecule has 0 bridgehead atoms. The SMILES string of the molecule is CC/C=C\C/C=C\C/C=C\C/C=C\C/C=C\C/C=C\CCCCCCCCCCCCCCCCC(=O)OC(COC(=O)CCCCCCCCCCCCCCCCCCCCCCCCCCCCCCCC)COC(OCC[N+](C)(C)C)C(=O)O. The predicted octanol–water partition coefficient (Wildman–Crippen LogP) is 23.6. The molecule has 9 heteroatoms. The number of hydrogen-bond acceptors (Lipinski definition) is 7. The summed E-state index contributed by atoms with van der Waals surface area (Å²) < 4.78 is 23.0. The number of rotatable bonds is 70. The number of quaternary nitrogens is 1. The summed E-state index contributed by atoms with van der Waals surface area (Å²) in [5.74, 6) is -1.98. The van der Waals surface area contributed by atoms with E-state index in [1.54, 1.807) is 0 Å². The van der Waals surface area contributed by atoms with Crippen LogP contribution in [0.3, 0.4) is 0 Å². The number of aliphatic carboxylic acids is 1. The average molecular weight is 1240 g/mol. The van der Waals surface area contributed by atoms with E-state index in [1.165, 1.54) is 250 Å². The lowest BCUT2D eigenvalue weighted by atomic mass is 10.0. The first kappa shape index (κ1) is 84.7. The van der Waals surface area contributed by atoms with Crippen LogP contribution in [0.1, 0.15) is 354 Å². The number of esters is 2. The molecule has 512 valence electrons. The van der Waals surface area contributed by atoms with E-state index in [-0.39, 0.29) is 32.2 Å². The number of carboxylic acid groups (broad SMARTS) is 1. The molecule has 0 aromatic heterocycles. The maximum atomic E-state index is 13.0. The molecule has 88 heavy (non-hydrogen) atoms. The van der Waals surface area contributed by atoms with E-state index in [0.717, 1.165) is 77.0 Å². The van der Waals surface area contributed by atoms with Crippen LogP contribution in [0.25, 0.3) is 0 Å². The summed E-state index contributed by atoms with van der Waals surface area (Å²) in [5.41, 5.74) is 0. The van der Waals surface area contributed by atoms with Gasteiger partial charge in [-0.15, -0.1) is 0 Å². The molecule has 0 aliphatic rings. The monoisotopic (exact) mass is 1240 g/mol. The van der Waals surface area contributed by atoms with Crippen LogP contribution in [0, 0.1) is 0 Å². The van der Waals surface area contributed by atoms with Crippen molar-refractivity contribution in [1.82, 2.24) is 0 Å². The second-order valence-corrected chi connectivity index (χ2v) is 26.6. The molecule has 1 N–H and O–H groups in total. The molecule has 0 saturated carbocycles. The van der Waals surface area contributed by atoms with Crippen molar-refractivity contribution in [2.24, 2.45) is 0 Å². The fraction of sp³-hybridized carbons (Fsp3) is 0.810. The maximum absolute atomic E-state index is 13.0. The topological polar surface area (TPSA) is 108 Å². The Morgan fingerprint density at radius 3 is 0.966 bits per heavy atom. The highest BCUT2D eigenvalue weighted by Gasteiger charge is 2.25. The summed E-state index contributed by atoms with van der Waals surface area (Å²) in [6, 6.07) is 0. The van der Waals surface area contributed by atoms with Crippen LogP contribution in [0.4, 0.5) is 0 Å². The van der Waals surface area contributed by atoms with E-state index in [1.807, 2.05) is 21.1 Å². The van der Waals surface area contributed by atoms with Crippen molar-refractivity contribution in [3.63, 3.8) is 0 Å². The highest BCUT2D eigenvalue weighted by atomic mass is 16.7. The minimum absolute atomic E-state index is 0.179. The summed E-state index contributed by atoms with van der Waals surface area (Å²) in [5, 5.41) is 9.76. The highest BCUT2D eigenvalue weighted by Crippen LogP contribution is 2.19. The zero-order chi connectivity index (χ0) is 64.0. The number of allylic oxidation sites excluding steroid dienone is 12. The Morgan fingerprint density at radius 1 is 0.352 bits per heavy atom. The third kappa shape index (κ3) is 70.2. The number of carbonyl (C=O) groups is 3. The van der Waals surface area contributed by atoms with Crippen molar-refractivity contribution in [1.29, 1.82) is 0 Å². The molecule has 9 nitrogen and oxygen atoms in total. The van der Waals surface area contributed by atoms with Gasteiger partial charge >= 0.3 is 17.9 Å². The summed E-state index contributed by atoms with van der Waals surface area (Å²) >= 11 is 0. The molecule has 0 radical (unpaired) electrons. The minimum Gasteiger partial charge on any atom is -0.477 e. The molecule has 2 atom stereocenters. The van der Waals surface area contributed by atoms with Gasteiger partial charge in [-0.25, -0.2) is 4.79 Å². The summed E-state index contributed by atoms with van der Waals surface area (Å²) in [4.78, 5) is 37.7. The van der Waals surface area contributed by atoms with Gasteiger partial charge in [0.1, 0.15) is 13.2 Å². The van der Waals surface area contributed by atoms with Gasteiger partial charge in [0.05, 0.1) is 34.4 Å². The van der Waals surface area contributed by atoms with Crippen LogP contribution in [-0.2, 0) is 33.3 Å². The van der Waals surface area contributed by atoms with Gasteiger partial charge in [-0.05, 0) is 64.2 Å². The molecule has 0 aromatic rings. The third-order valence-electron chi connectivity index (χ3n) is 16.7. The van der Waals surface area contributed by atoms with Gasteiger partial charge < -0.3 is 28.5 Å². The quantitative estimate of drug-likeness (QED) is 0.0211. The molecular weight excluding hydrogens is 1090 g/mol. The Morgan fingerprint density at radius 2 is 0.648 bits per heavy atom. The third-order valence-corrected chi connectivity index (χ3v) is 16.7. The van der Waals surface area contributed by atoms with Gasteiger partial charge in [-0.1, -0.05) is 350 Å². The fourth-order valence-electron chi connectivity index (χ4n) is 11.0. The Kier molecular flexibility index (Phi) is 67.0. The van der Waals surface area contributed by atoms with Crippen molar-refractivity contribution in [2.45, 2.75) is 367 Å². The minimum atomic E-state index is -1.51. The zero-order valence-corrected chi connectivity index (χ0v) is 58.6. The van der Waals surface area contributed by atoms with Crippen LogP contribution in [0.2, 0.25) is 0 Å². The Bertz CT molecular complexity index is 1680. The smallest absolute Gasteiger partial charge is 0.361 e. The first-order valence-electron chi connectivity index (χ1n) is 37.6. The first-order chi connectivity index (χ1) is 43.1. The van der Waals surface area contributed by atoms with Crippen LogP contribution in [-0.4, -0.2) is 87.4 Å². The van der Waals surface area contributed by atoms with Gasteiger partial charge in [0, 0.05) is 12.8 Å². The summed E-state index contributed by atoms with van der Waals surface area (Å²) in [6.07, 6.45) is 90.4. The second kappa shape index (κ2) is 69.6. The molecule has 0 rings (SSSR count). The number of carboxylic acids is 1.